The molecular formula is C19H20ClNO3. The van der Waals surface area contributed by atoms with E-state index in [-0.39, 0.29) is 18.3 Å². The number of hydrogen-bond donors (Lipinski definition) is 0. The molecule has 4 nitrogen and oxygen atoms in total. The molecular weight excluding hydrogens is 326 g/mol. The van der Waals surface area contributed by atoms with Gasteiger partial charge >= 0.3 is 0 Å². The minimum atomic E-state index is -0.574. The number of ether oxygens (including phenoxy) is 1. The Morgan fingerprint density at radius 3 is 2.38 bits per heavy atom. The topological polar surface area (TPSA) is 46.6 Å². The molecule has 1 unspecified atom stereocenters. The summed E-state index contributed by atoms with van der Waals surface area (Å²) in [5, 5.41) is 0.441. The highest BCUT2D eigenvalue weighted by molar-refractivity contribution is 6.32. The van der Waals surface area contributed by atoms with E-state index in [0.29, 0.717) is 16.3 Å². The molecule has 0 fully saturated rings. The molecule has 0 aliphatic rings. The monoisotopic (exact) mass is 345 g/mol. The molecule has 0 aliphatic heterocycles. The summed E-state index contributed by atoms with van der Waals surface area (Å²) in [6.07, 6.45) is 0. The lowest BCUT2D eigenvalue weighted by Crippen LogP contribution is -2.42. The molecule has 0 aliphatic carbocycles. The number of ketones is 1. The van der Waals surface area contributed by atoms with Crippen molar-refractivity contribution in [2.45, 2.75) is 19.9 Å². The first kappa shape index (κ1) is 18.0. The average molecular weight is 346 g/mol. The van der Waals surface area contributed by atoms with Crippen LogP contribution in [0.2, 0.25) is 5.02 Å². The second-order valence-electron chi connectivity index (χ2n) is 5.63. The molecule has 2 aromatic carbocycles. The van der Waals surface area contributed by atoms with E-state index < -0.39 is 6.04 Å². The molecule has 0 aromatic heterocycles. The van der Waals surface area contributed by atoms with Crippen LogP contribution in [0.3, 0.4) is 0 Å². The highest BCUT2D eigenvalue weighted by atomic mass is 35.5. The van der Waals surface area contributed by atoms with Gasteiger partial charge in [-0.3, -0.25) is 9.59 Å². The van der Waals surface area contributed by atoms with Crippen molar-refractivity contribution in [2.75, 3.05) is 13.7 Å². The van der Waals surface area contributed by atoms with Crippen LogP contribution in [0, 0.1) is 6.92 Å². The second kappa shape index (κ2) is 7.97. The number of halogens is 1. The molecule has 0 heterocycles. The number of benzene rings is 2. The fourth-order valence-electron chi connectivity index (χ4n) is 2.15. The number of para-hydroxylation sites is 1. The minimum absolute atomic E-state index is 0.108. The fraction of sp³-hybridized carbons (Fsp3) is 0.263. The van der Waals surface area contributed by atoms with Gasteiger partial charge in [-0.05, 0) is 26.0 Å². The van der Waals surface area contributed by atoms with Gasteiger partial charge in [0.05, 0.1) is 11.1 Å². The SMILES string of the molecule is Cc1ccc(C(=O)C(C)N(C)C(=O)COc2ccccc2Cl)cc1. The predicted octanol–water partition coefficient (Wildman–Crippen LogP) is 3.76. The van der Waals surface area contributed by atoms with Crippen molar-refractivity contribution in [1.29, 1.82) is 0 Å². The Morgan fingerprint density at radius 2 is 1.75 bits per heavy atom. The van der Waals surface area contributed by atoms with Gasteiger partial charge in [-0.1, -0.05) is 53.6 Å². The van der Waals surface area contributed by atoms with Gasteiger partial charge in [0.25, 0.3) is 5.91 Å². The van der Waals surface area contributed by atoms with Crippen LogP contribution in [0.25, 0.3) is 0 Å². The number of carbonyl (C=O) groups excluding carboxylic acids is 2. The third-order valence-electron chi connectivity index (χ3n) is 3.88. The molecule has 2 aromatic rings. The van der Waals surface area contributed by atoms with Crippen LogP contribution >= 0.6 is 11.6 Å². The van der Waals surface area contributed by atoms with Crippen LogP contribution in [0.4, 0.5) is 0 Å². The maximum absolute atomic E-state index is 12.5. The smallest absolute Gasteiger partial charge is 0.260 e. The van der Waals surface area contributed by atoms with Crippen molar-refractivity contribution in [3.8, 4) is 5.75 Å². The Bertz CT molecular complexity index is 728. The number of rotatable bonds is 6. The Hall–Kier alpha value is -2.33. The van der Waals surface area contributed by atoms with Gasteiger partial charge in [0.1, 0.15) is 5.75 Å². The first-order valence-electron chi connectivity index (χ1n) is 7.64. The standard InChI is InChI=1S/C19H20ClNO3/c1-13-8-10-15(11-9-13)19(23)14(2)21(3)18(22)12-24-17-7-5-4-6-16(17)20/h4-11,14H,12H2,1-3H3. The lowest BCUT2D eigenvalue weighted by molar-refractivity contribution is -0.133. The zero-order valence-corrected chi connectivity index (χ0v) is 14.7. The first-order chi connectivity index (χ1) is 11.4. The van der Waals surface area contributed by atoms with Gasteiger partial charge in [0.15, 0.2) is 12.4 Å². The summed E-state index contributed by atoms with van der Waals surface area (Å²) >= 11 is 5.99. The van der Waals surface area contributed by atoms with E-state index in [1.807, 2.05) is 19.1 Å². The van der Waals surface area contributed by atoms with Gasteiger partial charge in [-0.2, -0.15) is 0 Å². The lowest BCUT2D eigenvalue weighted by Gasteiger charge is -2.24. The van der Waals surface area contributed by atoms with Gasteiger partial charge in [0.2, 0.25) is 0 Å². The summed E-state index contributed by atoms with van der Waals surface area (Å²) in [7, 11) is 1.59. The van der Waals surface area contributed by atoms with Crippen LogP contribution in [0.15, 0.2) is 48.5 Å². The second-order valence-corrected chi connectivity index (χ2v) is 6.04. The van der Waals surface area contributed by atoms with Crippen LogP contribution in [-0.2, 0) is 4.79 Å². The van der Waals surface area contributed by atoms with Crippen molar-refractivity contribution >= 4 is 23.3 Å². The molecule has 0 saturated carbocycles. The molecule has 1 amide bonds. The van der Waals surface area contributed by atoms with Crippen molar-refractivity contribution in [3.63, 3.8) is 0 Å². The summed E-state index contributed by atoms with van der Waals surface area (Å²) in [4.78, 5) is 26.1. The summed E-state index contributed by atoms with van der Waals surface area (Å²) in [6.45, 7) is 3.49. The predicted molar refractivity (Wildman–Crippen MR) is 94.7 cm³/mol. The highest BCUT2D eigenvalue weighted by Crippen LogP contribution is 2.23. The average Bonchev–Trinajstić information content (AvgIpc) is 2.59. The van der Waals surface area contributed by atoms with Crippen molar-refractivity contribution in [1.82, 2.24) is 4.90 Å². The van der Waals surface area contributed by atoms with Crippen LogP contribution < -0.4 is 4.74 Å². The van der Waals surface area contributed by atoms with E-state index in [4.69, 9.17) is 16.3 Å². The number of hydrogen-bond acceptors (Lipinski definition) is 3. The third-order valence-corrected chi connectivity index (χ3v) is 4.19. The quantitative estimate of drug-likeness (QED) is 0.749. The summed E-state index contributed by atoms with van der Waals surface area (Å²) < 4.78 is 5.44. The molecule has 5 heteroatoms. The van der Waals surface area contributed by atoms with Gasteiger partial charge in [-0.25, -0.2) is 0 Å². The molecule has 1 atom stereocenters. The number of aryl methyl sites for hydroxylation is 1. The van der Waals surface area contributed by atoms with E-state index in [0.717, 1.165) is 5.56 Å². The molecule has 126 valence electrons. The number of carbonyl (C=O) groups is 2. The summed E-state index contributed by atoms with van der Waals surface area (Å²) in [5.74, 6) is 0.0462. The van der Waals surface area contributed by atoms with Crippen molar-refractivity contribution in [3.05, 3.63) is 64.7 Å². The van der Waals surface area contributed by atoms with E-state index in [9.17, 15) is 9.59 Å². The normalized spacial score (nSPS) is 11.7. The Kier molecular flexibility index (Phi) is 5.99. The van der Waals surface area contributed by atoms with Crippen LogP contribution in [0.1, 0.15) is 22.8 Å². The van der Waals surface area contributed by atoms with E-state index in [1.165, 1.54) is 4.90 Å². The molecule has 0 N–H and O–H groups in total. The lowest BCUT2D eigenvalue weighted by atomic mass is 10.0. The Morgan fingerprint density at radius 1 is 1.12 bits per heavy atom. The minimum Gasteiger partial charge on any atom is -0.482 e. The fourth-order valence-corrected chi connectivity index (χ4v) is 2.34. The summed E-state index contributed by atoms with van der Waals surface area (Å²) in [5.41, 5.74) is 1.66. The molecule has 0 spiro atoms. The Labute approximate surface area is 147 Å². The number of Topliss-reactive ketones (excluding diaryl/α,β-unsaturated/α-hetero) is 1. The maximum atomic E-state index is 12.5. The van der Waals surface area contributed by atoms with E-state index >= 15 is 0 Å². The Balaban J connectivity index is 1.97. The summed E-state index contributed by atoms with van der Waals surface area (Å²) in [6, 6.07) is 13.7. The highest BCUT2D eigenvalue weighted by Gasteiger charge is 2.23. The first-order valence-corrected chi connectivity index (χ1v) is 8.02. The zero-order valence-electron chi connectivity index (χ0n) is 14.0. The van der Waals surface area contributed by atoms with E-state index in [1.54, 1.807) is 50.4 Å². The number of amides is 1. The number of nitrogens with zero attached hydrogens (tertiary/aromatic N) is 1. The van der Waals surface area contributed by atoms with Crippen molar-refractivity contribution < 1.29 is 14.3 Å². The van der Waals surface area contributed by atoms with E-state index in [2.05, 4.69) is 0 Å². The molecule has 2 rings (SSSR count). The molecule has 0 bridgehead atoms. The molecule has 0 radical (unpaired) electrons. The zero-order chi connectivity index (χ0) is 17.7. The number of likely N-dealkylation sites (N-methyl/N-ethyl adjacent to an activating group) is 1. The largest absolute Gasteiger partial charge is 0.482 e. The van der Waals surface area contributed by atoms with Crippen molar-refractivity contribution in [2.24, 2.45) is 0 Å². The third kappa shape index (κ3) is 4.36. The molecule has 24 heavy (non-hydrogen) atoms. The van der Waals surface area contributed by atoms with Gasteiger partial charge in [0, 0.05) is 12.6 Å². The molecule has 0 saturated heterocycles. The van der Waals surface area contributed by atoms with Gasteiger partial charge in [-0.15, -0.1) is 0 Å². The van der Waals surface area contributed by atoms with Gasteiger partial charge < -0.3 is 9.64 Å². The van der Waals surface area contributed by atoms with Crippen LogP contribution in [0.5, 0.6) is 5.75 Å². The van der Waals surface area contributed by atoms with Crippen LogP contribution in [-0.4, -0.2) is 36.3 Å². The maximum Gasteiger partial charge on any atom is 0.260 e.